The minimum absolute atomic E-state index is 0.399. The number of hydrogen-bond donors (Lipinski definition) is 1. The summed E-state index contributed by atoms with van der Waals surface area (Å²) in [4.78, 5) is 36.6. The molecule has 3 heterocycles. The molecule has 1 aliphatic rings. The van der Waals surface area contributed by atoms with E-state index in [9.17, 15) is 9.59 Å². The molecule has 154 valence electrons. The van der Waals surface area contributed by atoms with E-state index in [1.54, 1.807) is 7.05 Å². The number of benzene rings is 1. The van der Waals surface area contributed by atoms with Gasteiger partial charge in [-0.05, 0) is 30.7 Å². The Hall–Kier alpha value is -2.39. The van der Waals surface area contributed by atoms with Gasteiger partial charge in [-0.2, -0.15) is 4.98 Å². The maximum atomic E-state index is 12.7. The highest BCUT2D eigenvalue weighted by Crippen LogP contribution is 2.23. The number of imidazole rings is 1. The number of aromatic nitrogens is 4. The van der Waals surface area contributed by atoms with Crippen molar-refractivity contribution >= 4 is 33.0 Å². The van der Waals surface area contributed by atoms with Gasteiger partial charge in [-0.1, -0.05) is 35.0 Å². The predicted molar refractivity (Wildman–Crippen MR) is 118 cm³/mol. The Balaban J connectivity index is 1.79. The van der Waals surface area contributed by atoms with Gasteiger partial charge in [0.25, 0.3) is 5.56 Å². The maximum Gasteiger partial charge on any atom is 0.329 e. The molecule has 1 fully saturated rings. The Kier molecular flexibility index (Phi) is 5.60. The van der Waals surface area contributed by atoms with E-state index in [0.29, 0.717) is 17.7 Å². The van der Waals surface area contributed by atoms with Crippen LogP contribution in [0.5, 0.6) is 0 Å². The van der Waals surface area contributed by atoms with Crippen LogP contribution in [0.1, 0.15) is 18.9 Å². The van der Waals surface area contributed by atoms with E-state index in [-0.39, 0.29) is 0 Å². The normalized spacial score (nSPS) is 15.3. The summed E-state index contributed by atoms with van der Waals surface area (Å²) in [5, 5.41) is 0. The van der Waals surface area contributed by atoms with E-state index in [4.69, 9.17) is 4.98 Å². The molecule has 0 amide bonds. The van der Waals surface area contributed by atoms with Crippen molar-refractivity contribution in [3.8, 4) is 0 Å². The van der Waals surface area contributed by atoms with Gasteiger partial charge in [-0.25, -0.2) is 4.79 Å². The average Bonchev–Trinajstić information content (AvgIpc) is 3.09. The van der Waals surface area contributed by atoms with E-state index in [2.05, 4.69) is 37.6 Å². The molecule has 1 aliphatic heterocycles. The molecule has 9 heteroatoms. The van der Waals surface area contributed by atoms with Crippen molar-refractivity contribution in [1.82, 2.24) is 24.0 Å². The van der Waals surface area contributed by atoms with Gasteiger partial charge in [-0.3, -0.25) is 23.8 Å². The second-order valence-corrected chi connectivity index (χ2v) is 8.36. The monoisotopic (exact) mass is 460 g/mol. The fraction of sp³-hybridized carbons (Fsp3) is 0.450. The van der Waals surface area contributed by atoms with E-state index < -0.39 is 11.2 Å². The van der Waals surface area contributed by atoms with Crippen molar-refractivity contribution in [1.29, 1.82) is 0 Å². The third-order valence-electron chi connectivity index (χ3n) is 5.44. The summed E-state index contributed by atoms with van der Waals surface area (Å²) in [5.41, 5.74) is 1.06. The van der Waals surface area contributed by atoms with Crippen LogP contribution >= 0.6 is 15.9 Å². The largest absolute Gasteiger partial charge is 0.340 e. The Morgan fingerprint density at radius 3 is 2.45 bits per heavy atom. The zero-order valence-electron chi connectivity index (χ0n) is 16.7. The number of fused-ring (bicyclic) bond motifs is 1. The fourth-order valence-corrected chi connectivity index (χ4v) is 4.14. The standard InChI is InChI=1S/C20H25BrN6O2/c1-3-8-25-9-11-26(12-10-25)19-22-17-16(18(28)23-20(29)24(17)2)27(19)13-14-4-6-15(21)7-5-14/h4-7H,3,8-13H2,1-2H3,(H,23,28,29). The molecular weight excluding hydrogens is 436 g/mol. The molecule has 0 bridgehead atoms. The van der Waals surface area contributed by atoms with Gasteiger partial charge < -0.3 is 4.90 Å². The second kappa shape index (κ2) is 8.16. The van der Waals surface area contributed by atoms with Gasteiger partial charge in [0.15, 0.2) is 11.2 Å². The molecule has 1 saturated heterocycles. The molecule has 0 radical (unpaired) electrons. The van der Waals surface area contributed by atoms with Crippen molar-refractivity contribution < 1.29 is 0 Å². The summed E-state index contributed by atoms with van der Waals surface area (Å²) >= 11 is 3.46. The molecule has 1 aromatic carbocycles. The average molecular weight is 461 g/mol. The summed E-state index contributed by atoms with van der Waals surface area (Å²) in [5.74, 6) is 0.741. The number of rotatable bonds is 5. The number of H-pyrrole nitrogens is 1. The molecule has 3 aromatic rings. The van der Waals surface area contributed by atoms with Gasteiger partial charge in [-0.15, -0.1) is 0 Å². The van der Waals surface area contributed by atoms with Gasteiger partial charge in [0.1, 0.15) is 0 Å². The van der Waals surface area contributed by atoms with Crippen molar-refractivity contribution in [3.05, 3.63) is 55.1 Å². The van der Waals surface area contributed by atoms with Crippen LogP contribution in [-0.4, -0.2) is 56.7 Å². The van der Waals surface area contributed by atoms with E-state index in [1.165, 1.54) is 4.57 Å². The molecule has 1 N–H and O–H groups in total. The molecule has 2 aromatic heterocycles. The molecule has 8 nitrogen and oxygen atoms in total. The van der Waals surface area contributed by atoms with E-state index in [0.717, 1.165) is 55.1 Å². The zero-order valence-corrected chi connectivity index (χ0v) is 18.3. The Bertz CT molecular complexity index is 1120. The van der Waals surface area contributed by atoms with Crippen LogP contribution in [0.4, 0.5) is 5.95 Å². The van der Waals surface area contributed by atoms with Gasteiger partial charge in [0.05, 0.1) is 6.54 Å². The Morgan fingerprint density at radius 2 is 1.79 bits per heavy atom. The first-order valence-corrected chi connectivity index (χ1v) is 10.7. The van der Waals surface area contributed by atoms with Gasteiger partial charge >= 0.3 is 5.69 Å². The molecule has 0 unspecified atom stereocenters. The lowest BCUT2D eigenvalue weighted by atomic mass is 10.2. The molecule has 4 rings (SSSR count). The van der Waals surface area contributed by atoms with Crippen molar-refractivity contribution in [2.45, 2.75) is 19.9 Å². The highest BCUT2D eigenvalue weighted by Gasteiger charge is 2.24. The lowest BCUT2D eigenvalue weighted by molar-refractivity contribution is 0.257. The number of aromatic amines is 1. The SMILES string of the molecule is CCCN1CCN(c2nc3c(c(=O)[nH]c(=O)n3C)n2Cc2ccc(Br)cc2)CC1. The first-order chi connectivity index (χ1) is 14.0. The smallest absolute Gasteiger partial charge is 0.329 e. The van der Waals surface area contributed by atoms with Gasteiger partial charge in [0.2, 0.25) is 5.95 Å². The van der Waals surface area contributed by atoms with Crippen LogP contribution in [0.25, 0.3) is 11.2 Å². The summed E-state index contributed by atoms with van der Waals surface area (Å²) in [6, 6.07) is 8.01. The minimum Gasteiger partial charge on any atom is -0.340 e. The van der Waals surface area contributed by atoms with E-state index in [1.807, 2.05) is 28.8 Å². The Morgan fingerprint density at radius 1 is 1.10 bits per heavy atom. The number of halogens is 1. The van der Waals surface area contributed by atoms with Crippen molar-refractivity contribution in [2.24, 2.45) is 7.05 Å². The van der Waals surface area contributed by atoms with Crippen LogP contribution in [0.15, 0.2) is 38.3 Å². The Labute approximate surface area is 176 Å². The van der Waals surface area contributed by atoms with Crippen LogP contribution in [0.2, 0.25) is 0 Å². The number of nitrogens with zero attached hydrogens (tertiary/aromatic N) is 5. The molecular formula is C20H25BrN6O2. The topological polar surface area (TPSA) is 79.2 Å². The van der Waals surface area contributed by atoms with Gasteiger partial charge in [0, 0.05) is 37.7 Å². The lowest BCUT2D eigenvalue weighted by Gasteiger charge is -2.35. The van der Waals surface area contributed by atoms with Crippen LogP contribution in [0, 0.1) is 0 Å². The zero-order chi connectivity index (χ0) is 20.5. The third kappa shape index (κ3) is 3.89. The maximum absolute atomic E-state index is 12.7. The van der Waals surface area contributed by atoms with E-state index >= 15 is 0 Å². The third-order valence-corrected chi connectivity index (χ3v) is 5.96. The number of piperazine rings is 1. The number of aryl methyl sites for hydroxylation is 1. The number of anilines is 1. The van der Waals surface area contributed by atoms with Crippen molar-refractivity contribution in [2.75, 3.05) is 37.6 Å². The number of hydrogen-bond acceptors (Lipinski definition) is 5. The fourth-order valence-electron chi connectivity index (χ4n) is 3.87. The lowest BCUT2D eigenvalue weighted by Crippen LogP contribution is -2.47. The summed E-state index contributed by atoms with van der Waals surface area (Å²) in [6.07, 6.45) is 1.14. The predicted octanol–water partition coefficient (Wildman–Crippen LogP) is 1.77. The van der Waals surface area contributed by atoms with Crippen molar-refractivity contribution in [3.63, 3.8) is 0 Å². The first kappa shape index (κ1) is 19.9. The number of nitrogens with one attached hydrogen (secondary N) is 1. The van der Waals surface area contributed by atoms with Crippen LogP contribution in [0.3, 0.4) is 0 Å². The highest BCUT2D eigenvalue weighted by atomic mass is 79.9. The quantitative estimate of drug-likeness (QED) is 0.627. The highest BCUT2D eigenvalue weighted by molar-refractivity contribution is 9.10. The molecule has 29 heavy (non-hydrogen) atoms. The molecule has 0 atom stereocenters. The van der Waals surface area contributed by atoms with Crippen LogP contribution in [-0.2, 0) is 13.6 Å². The second-order valence-electron chi connectivity index (χ2n) is 7.44. The molecule has 0 saturated carbocycles. The summed E-state index contributed by atoms with van der Waals surface area (Å²) < 4.78 is 4.35. The summed E-state index contributed by atoms with van der Waals surface area (Å²) in [7, 11) is 1.64. The summed E-state index contributed by atoms with van der Waals surface area (Å²) in [6.45, 7) is 7.41. The van der Waals surface area contributed by atoms with Crippen LogP contribution < -0.4 is 16.1 Å². The molecule has 0 aliphatic carbocycles. The first-order valence-electron chi connectivity index (χ1n) is 9.89. The minimum atomic E-state index is -0.449. The molecule has 0 spiro atoms.